The summed E-state index contributed by atoms with van der Waals surface area (Å²) in [5.74, 6) is -0.261. The van der Waals surface area contributed by atoms with Gasteiger partial charge in [0.2, 0.25) is 0 Å². The third-order valence-corrected chi connectivity index (χ3v) is 3.50. The van der Waals surface area contributed by atoms with Crippen LogP contribution in [0, 0.1) is 0 Å². The van der Waals surface area contributed by atoms with E-state index in [1.807, 2.05) is 13.2 Å². The highest BCUT2D eigenvalue weighted by atomic mass is 32.2. The smallest absolute Gasteiger partial charge is 0.328 e. The summed E-state index contributed by atoms with van der Waals surface area (Å²) in [7, 11) is 0. The lowest BCUT2D eigenvalue weighted by Crippen LogP contribution is -2.36. The van der Waals surface area contributed by atoms with Crippen LogP contribution in [0.4, 0.5) is 0 Å². The van der Waals surface area contributed by atoms with E-state index in [2.05, 4.69) is 5.32 Å². The molecule has 1 aromatic rings. The van der Waals surface area contributed by atoms with E-state index in [0.717, 1.165) is 18.2 Å². The molecular weight excluding hydrogens is 274 g/mol. The summed E-state index contributed by atoms with van der Waals surface area (Å²) in [5.41, 5.74) is 1.23. The first-order valence-electron chi connectivity index (χ1n) is 6.37. The van der Waals surface area contributed by atoms with Crippen LogP contribution < -0.4 is 5.32 Å². The number of carbonyl (C=O) groups excluding carboxylic acids is 1. The number of hydrogen-bond donors (Lipinski definition) is 2. The third-order valence-electron chi connectivity index (χ3n) is 2.76. The van der Waals surface area contributed by atoms with Crippen molar-refractivity contribution in [2.45, 2.75) is 19.4 Å². The molecule has 1 atom stereocenters. The molecule has 0 bridgehead atoms. The Labute approximate surface area is 123 Å². The number of rotatable bonds is 7. The SMILES string of the molecule is CCC(CSC)NC(=O)c1cccc(/C=C/C(=O)O)c1. The quantitative estimate of drug-likeness (QED) is 0.759. The molecule has 0 saturated carbocycles. The van der Waals surface area contributed by atoms with Crippen molar-refractivity contribution < 1.29 is 14.7 Å². The zero-order valence-electron chi connectivity index (χ0n) is 11.6. The lowest BCUT2D eigenvalue weighted by atomic mass is 10.1. The first-order valence-corrected chi connectivity index (χ1v) is 7.77. The highest BCUT2D eigenvalue weighted by molar-refractivity contribution is 7.98. The van der Waals surface area contributed by atoms with Crippen LogP contribution >= 0.6 is 11.8 Å². The van der Waals surface area contributed by atoms with E-state index in [-0.39, 0.29) is 11.9 Å². The van der Waals surface area contributed by atoms with Crippen LogP contribution in [0.1, 0.15) is 29.3 Å². The van der Waals surface area contributed by atoms with E-state index in [9.17, 15) is 9.59 Å². The van der Waals surface area contributed by atoms with Gasteiger partial charge in [0.1, 0.15) is 0 Å². The standard InChI is InChI=1S/C15H19NO3S/c1-3-13(10-20-2)16-15(19)12-6-4-5-11(9-12)7-8-14(17)18/h4-9,13H,3,10H2,1-2H3,(H,16,19)(H,17,18)/b8-7+. The summed E-state index contributed by atoms with van der Waals surface area (Å²) >= 11 is 1.69. The van der Waals surface area contributed by atoms with Gasteiger partial charge in [-0.15, -0.1) is 0 Å². The predicted molar refractivity (Wildman–Crippen MR) is 83.0 cm³/mol. The number of thioether (sulfide) groups is 1. The molecule has 1 amide bonds. The Kier molecular flexibility index (Phi) is 6.87. The molecule has 0 spiro atoms. The van der Waals surface area contributed by atoms with Gasteiger partial charge in [0.05, 0.1) is 0 Å². The maximum absolute atomic E-state index is 12.1. The van der Waals surface area contributed by atoms with Gasteiger partial charge < -0.3 is 10.4 Å². The van der Waals surface area contributed by atoms with Crippen molar-refractivity contribution >= 4 is 29.7 Å². The second-order valence-electron chi connectivity index (χ2n) is 4.33. The minimum Gasteiger partial charge on any atom is -0.478 e. The lowest BCUT2D eigenvalue weighted by Gasteiger charge is -2.15. The van der Waals surface area contributed by atoms with Gasteiger partial charge >= 0.3 is 5.97 Å². The first kappa shape index (κ1) is 16.3. The van der Waals surface area contributed by atoms with Crippen molar-refractivity contribution in [3.63, 3.8) is 0 Å². The molecule has 0 aliphatic rings. The van der Waals surface area contributed by atoms with E-state index in [1.165, 1.54) is 6.08 Å². The van der Waals surface area contributed by atoms with Gasteiger partial charge in [-0.3, -0.25) is 4.79 Å². The highest BCUT2D eigenvalue weighted by Gasteiger charge is 2.11. The number of benzene rings is 1. The predicted octanol–water partition coefficient (Wildman–Crippen LogP) is 2.66. The first-order chi connectivity index (χ1) is 9.56. The van der Waals surface area contributed by atoms with Gasteiger partial charge in [0.15, 0.2) is 0 Å². The third kappa shape index (κ3) is 5.48. The topological polar surface area (TPSA) is 66.4 Å². The van der Waals surface area contributed by atoms with Crippen LogP contribution in [-0.4, -0.2) is 35.0 Å². The average molecular weight is 293 g/mol. The van der Waals surface area contributed by atoms with Gasteiger partial charge in [-0.1, -0.05) is 19.1 Å². The fourth-order valence-electron chi connectivity index (χ4n) is 1.68. The molecule has 20 heavy (non-hydrogen) atoms. The molecule has 4 nitrogen and oxygen atoms in total. The molecular formula is C15H19NO3S. The van der Waals surface area contributed by atoms with E-state index in [0.29, 0.717) is 11.1 Å². The van der Waals surface area contributed by atoms with Crippen molar-refractivity contribution in [2.75, 3.05) is 12.0 Å². The number of carboxylic acids is 1. The summed E-state index contributed by atoms with van der Waals surface area (Å²) in [5, 5.41) is 11.6. The molecule has 0 aliphatic heterocycles. The number of hydrogen-bond acceptors (Lipinski definition) is 3. The second-order valence-corrected chi connectivity index (χ2v) is 5.24. The van der Waals surface area contributed by atoms with Crippen LogP contribution in [0.2, 0.25) is 0 Å². The monoisotopic (exact) mass is 293 g/mol. The Morgan fingerprint density at radius 3 is 2.80 bits per heavy atom. The zero-order chi connectivity index (χ0) is 15.0. The summed E-state index contributed by atoms with van der Waals surface area (Å²) in [6, 6.07) is 7.05. The van der Waals surface area contributed by atoms with E-state index in [1.54, 1.807) is 36.0 Å². The molecule has 1 unspecified atom stereocenters. The second kappa shape index (κ2) is 8.43. The van der Waals surface area contributed by atoms with Crippen LogP contribution in [0.15, 0.2) is 30.3 Å². The maximum Gasteiger partial charge on any atom is 0.328 e. The van der Waals surface area contributed by atoms with Crippen molar-refractivity contribution in [1.29, 1.82) is 0 Å². The highest BCUT2D eigenvalue weighted by Crippen LogP contribution is 2.09. The molecule has 108 valence electrons. The van der Waals surface area contributed by atoms with Crippen LogP contribution in [0.3, 0.4) is 0 Å². The van der Waals surface area contributed by atoms with Crippen molar-refractivity contribution in [1.82, 2.24) is 5.32 Å². The van der Waals surface area contributed by atoms with E-state index < -0.39 is 5.97 Å². The average Bonchev–Trinajstić information content (AvgIpc) is 2.44. The fourth-order valence-corrected chi connectivity index (χ4v) is 2.40. The Morgan fingerprint density at radius 2 is 2.20 bits per heavy atom. The molecule has 0 fully saturated rings. The van der Waals surface area contributed by atoms with Gasteiger partial charge in [-0.05, 0) is 36.4 Å². The largest absolute Gasteiger partial charge is 0.478 e. The minimum absolute atomic E-state index is 0.128. The van der Waals surface area contributed by atoms with Crippen LogP contribution in [0.5, 0.6) is 0 Å². The molecule has 0 heterocycles. The Morgan fingerprint density at radius 1 is 1.45 bits per heavy atom. The van der Waals surface area contributed by atoms with E-state index in [4.69, 9.17) is 5.11 Å². The van der Waals surface area contributed by atoms with Crippen molar-refractivity contribution in [2.24, 2.45) is 0 Å². The van der Waals surface area contributed by atoms with Gasteiger partial charge in [-0.25, -0.2) is 4.79 Å². The Hall–Kier alpha value is -1.75. The number of carbonyl (C=O) groups is 2. The normalized spacial score (nSPS) is 12.3. The Bertz CT molecular complexity index is 500. The van der Waals surface area contributed by atoms with Crippen molar-refractivity contribution in [3.8, 4) is 0 Å². The summed E-state index contributed by atoms with van der Waals surface area (Å²) < 4.78 is 0. The summed E-state index contributed by atoms with van der Waals surface area (Å²) in [6.07, 6.45) is 5.41. The number of amides is 1. The van der Waals surface area contributed by atoms with Crippen molar-refractivity contribution in [3.05, 3.63) is 41.5 Å². The number of carboxylic acid groups (broad SMARTS) is 1. The van der Waals surface area contributed by atoms with Gasteiger partial charge in [-0.2, -0.15) is 11.8 Å². The van der Waals surface area contributed by atoms with E-state index >= 15 is 0 Å². The lowest BCUT2D eigenvalue weighted by molar-refractivity contribution is -0.131. The molecule has 1 aromatic carbocycles. The molecule has 0 aromatic heterocycles. The minimum atomic E-state index is -1.01. The molecule has 5 heteroatoms. The van der Waals surface area contributed by atoms with Crippen LogP contribution in [0.25, 0.3) is 6.08 Å². The molecule has 0 saturated heterocycles. The summed E-state index contributed by atoms with van der Waals surface area (Å²) in [6.45, 7) is 2.03. The molecule has 0 aliphatic carbocycles. The Balaban J connectivity index is 2.78. The molecule has 1 rings (SSSR count). The molecule has 2 N–H and O–H groups in total. The zero-order valence-corrected chi connectivity index (χ0v) is 12.4. The molecule has 0 radical (unpaired) electrons. The van der Waals surface area contributed by atoms with Gasteiger partial charge in [0.25, 0.3) is 5.91 Å². The maximum atomic E-state index is 12.1. The number of aliphatic carboxylic acids is 1. The van der Waals surface area contributed by atoms with Gasteiger partial charge in [0, 0.05) is 23.4 Å². The summed E-state index contributed by atoms with van der Waals surface area (Å²) in [4.78, 5) is 22.6. The number of nitrogens with one attached hydrogen (secondary N) is 1. The fraction of sp³-hybridized carbons (Fsp3) is 0.333. The van der Waals surface area contributed by atoms with Crippen LogP contribution in [-0.2, 0) is 4.79 Å².